The Morgan fingerprint density at radius 2 is 1.19 bits per heavy atom. The fourth-order valence-electron chi connectivity index (χ4n) is 2.51. The first-order valence-corrected chi connectivity index (χ1v) is 8.67. The van der Waals surface area contributed by atoms with Gasteiger partial charge in [-0.05, 0) is 6.42 Å². The predicted molar refractivity (Wildman–Crippen MR) is 87.0 cm³/mol. The van der Waals surface area contributed by atoms with Gasteiger partial charge in [0.15, 0.2) is 0 Å². The van der Waals surface area contributed by atoms with Gasteiger partial charge >= 0.3 is 35.5 Å². The van der Waals surface area contributed by atoms with Gasteiger partial charge in [-0.15, -0.1) is 0 Å². The zero-order valence-electron chi connectivity index (χ0n) is 15.4. The van der Waals surface area contributed by atoms with Crippen molar-refractivity contribution >= 4 is 5.97 Å². The molecule has 21 heavy (non-hydrogen) atoms. The number of aliphatic carboxylic acids is 1. The van der Waals surface area contributed by atoms with E-state index in [4.69, 9.17) is 10.8 Å². The molecule has 0 aliphatic heterocycles. The molecule has 3 nitrogen and oxygen atoms in total. The summed E-state index contributed by atoms with van der Waals surface area (Å²) in [7, 11) is 0. The van der Waals surface area contributed by atoms with Crippen LogP contribution >= 0.6 is 0 Å². The first kappa shape index (κ1) is 23.7. The third-order valence-corrected chi connectivity index (χ3v) is 3.94. The SMILES string of the molecule is CCCCCCCCCCCCCCCC(N)C(=O)O.[H-].[Na+]. The van der Waals surface area contributed by atoms with Crippen LogP contribution in [0.25, 0.3) is 0 Å². The van der Waals surface area contributed by atoms with E-state index in [1.54, 1.807) is 0 Å². The van der Waals surface area contributed by atoms with Crippen molar-refractivity contribution in [2.24, 2.45) is 5.73 Å². The molecule has 0 aromatic carbocycles. The molecule has 0 radical (unpaired) electrons. The molecule has 0 bridgehead atoms. The second kappa shape index (κ2) is 18.5. The van der Waals surface area contributed by atoms with Gasteiger partial charge in [0, 0.05) is 0 Å². The van der Waals surface area contributed by atoms with Crippen LogP contribution in [0.3, 0.4) is 0 Å². The van der Waals surface area contributed by atoms with Crippen molar-refractivity contribution < 1.29 is 40.9 Å². The van der Waals surface area contributed by atoms with E-state index in [-0.39, 0.29) is 31.0 Å². The van der Waals surface area contributed by atoms with Crippen molar-refractivity contribution in [2.45, 2.75) is 103 Å². The van der Waals surface area contributed by atoms with Crippen LogP contribution in [0.2, 0.25) is 0 Å². The zero-order valence-corrected chi connectivity index (χ0v) is 16.4. The Labute approximate surface area is 155 Å². The second-order valence-electron chi connectivity index (χ2n) is 5.98. The van der Waals surface area contributed by atoms with Crippen LogP contribution in [-0.2, 0) is 4.79 Å². The normalized spacial score (nSPS) is 11.9. The van der Waals surface area contributed by atoms with Gasteiger partial charge in [-0.2, -0.15) is 0 Å². The van der Waals surface area contributed by atoms with Crippen LogP contribution in [0, 0.1) is 0 Å². The van der Waals surface area contributed by atoms with Gasteiger partial charge < -0.3 is 12.3 Å². The number of carboxylic acid groups (broad SMARTS) is 1. The summed E-state index contributed by atoms with van der Waals surface area (Å²) in [6.45, 7) is 2.26. The van der Waals surface area contributed by atoms with E-state index in [2.05, 4.69) is 6.92 Å². The van der Waals surface area contributed by atoms with Gasteiger partial charge in [0.2, 0.25) is 0 Å². The van der Waals surface area contributed by atoms with Crippen molar-refractivity contribution in [1.82, 2.24) is 0 Å². The Hall–Kier alpha value is 0.430. The number of unbranched alkanes of at least 4 members (excludes halogenated alkanes) is 12. The van der Waals surface area contributed by atoms with Gasteiger partial charge in [0.05, 0.1) is 0 Å². The molecule has 1 atom stereocenters. The van der Waals surface area contributed by atoms with E-state index in [9.17, 15) is 4.79 Å². The molecule has 0 aromatic rings. The minimum absolute atomic E-state index is 0. The predicted octanol–water partition coefficient (Wildman–Crippen LogP) is 2.00. The molecule has 0 fully saturated rings. The van der Waals surface area contributed by atoms with Gasteiger partial charge in [-0.1, -0.05) is 90.4 Å². The molecule has 1 unspecified atom stereocenters. The Bertz CT molecular complexity index is 231. The smallest absolute Gasteiger partial charge is 1.00 e. The fourth-order valence-corrected chi connectivity index (χ4v) is 2.51. The topological polar surface area (TPSA) is 63.3 Å². The van der Waals surface area contributed by atoms with Crippen LogP contribution in [0.1, 0.15) is 98.2 Å². The van der Waals surface area contributed by atoms with Crippen LogP contribution < -0.4 is 35.3 Å². The number of nitrogens with two attached hydrogens (primary N) is 1. The van der Waals surface area contributed by atoms with E-state index >= 15 is 0 Å². The average Bonchev–Trinajstić information content (AvgIpc) is 2.43. The van der Waals surface area contributed by atoms with E-state index in [0.29, 0.717) is 6.42 Å². The van der Waals surface area contributed by atoms with E-state index < -0.39 is 12.0 Å². The van der Waals surface area contributed by atoms with Crippen LogP contribution in [-0.4, -0.2) is 17.1 Å². The summed E-state index contributed by atoms with van der Waals surface area (Å²) < 4.78 is 0. The zero-order chi connectivity index (χ0) is 15.1. The minimum atomic E-state index is -0.871. The van der Waals surface area contributed by atoms with Gasteiger partial charge in [-0.25, -0.2) is 0 Å². The van der Waals surface area contributed by atoms with E-state index in [0.717, 1.165) is 12.8 Å². The molecular weight excluding hydrogens is 273 g/mol. The Morgan fingerprint density at radius 3 is 1.52 bits per heavy atom. The summed E-state index contributed by atoms with van der Waals surface area (Å²) in [5.41, 5.74) is 5.46. The molecule has 3 N–H and O–H groups in total. The summed E-state index contributed by atoms with van der Waals surface area (Å²) in [5.74, 6) is -0.871. The maximum atomic E-state index is 10.5. The quantitative estimate of drug-likeness (QED) is 0.359. The van der Waals surface area contributed by atoms with Crippen LogP contribution in [0.4, 0.5) is 0 Å². The maximum Gasteiger partial charge on any atom is 1.00 e. The molecular formula is C17H36NNaO2. The molecule has 0 amide bonds. The summed E-state index contributed by atoms with van der Waals surface area (Å²) in [5, 5.41) is 8.65. The first-order valence-electron chi connectivity index (χ1n) is 8.67. The Kier molecular flexibility index (Phi) is 20.8. The van der Waals surface area contributed by atoms with Crippen molar-refractivity contribution in [3.63, 3.8) is 0 Å². The molecule has 0 aliphatic rings. The summed E-state index contributed by atoms with van der Waals surface area (Å²) in [6.07, 6.45) is 17.6. The van der Waals surface area contributed by atoms with Crippen molar-refractivity contribution in [2.75, 3.05) is 0 Å². The molecule has 4 heteroatoms. The minimum Gasteiger partial charge on any atom is -1.00 e. The molecule has 0 aromatic heterocycles. The third-order valence-electron chi connectivity index (χ3n) is 3.94. The van der Waals surface area contributed by atoms with Gasteiger partial charge in [0.1, 0.15) is 6.04 Å². The third kappa shape index (κ3) is 18.4. The summed E-state index contributed by atoms with van der Waals surface area (Å²) in [6, 6.07) is -0.664. The molecule has 0 rings (SSSR count). The van der Waals surface area contributed by atoms with Crippen molar-refractivity contribution in [1.29, 1.82) is 0 Å². The number of rotatable bonds is 15. The van der Waals surface area contributed by atoms with E-state index in [1.165, 1.54) is 70.6 Å². The van der Waals surface area contributed by atoms with E-state index in [1.807, 2.05) is 0 Å². The maximum absolute atomic E-state index is 10.5. The monoisotopic (exact) mass is 309 g/mol. The summed E-state index contributed by atoms with van der Waals surface area (Å²) in [4.78, 5) is 10.5. The number of carbonyl (C=O) groups is 1. The largest absolute Gasteiger partial charge is 1.00 e. The Balaban J connectivity index is -0.00000180. The average molecular weight is 309 g/mol. The molecule has 0 heterocycles. The Morgan fingerprint density at radius 1 is 0.857 bits per heavy atom. The number of hydrogen-bond donors (Lipinski definition) is 2. The fraction of sp³-hybridized carbons (Fsp3) is 0.941. The number of carboxylic acids is 1. The molecule has 0 spiro atoms. The molecule has 122 valence electrons. The van der Waals surface area contributed by atoms with Crippen LogP contribution in [0.5, 0.6) is 0 Å². The van der Waals surface area contributed by atoms with Crippen molar-refractivity contribution in [3.05, 3.63) is 0 Å². The standard InChI is InChI=1S/C17H35NO2.Na.H/c1-2-3-4-5-6-7-8-9-10-11-12-13-14-15-16(18)17(19)20;;/h16H,2-15,18H2,1H3,(H,19,20);;/q;+1;-1. The number of hydrogen-bond acceptors (Lipinski definition) is 2. The summed E-state index contributed by atoms with van der Waals surface area (Å²) >= 11 is 0. The van der Waals surface area contributed by atoms with Gasteiger partial charge in [-0.3, -0.25) is 4.79 Å². The van der Waals surface area contributed by atoms with Crippen molar-refractivity contribution in [3.8, 4) is 0 Å². The molecule has 0 saturated heterocycles. The first-order chi connectivity index (χ1) is 9.68. The van der Waals surface area contributed by atoms with Gasteiger partial charge in [0.25, 0.3) is 0 Å². The second-order valence-corrected chi connectivity index (χ2v) is 5.98. The van der Waals surface area contributed by atoms with Crippen LogP contribution in [0.15, 0.2) is 0 Å². The molecule has 0 saturated carbocycles. The molecule has 0 aliphatic carbocycles.